The summed E-state index contributed by atoms with van der Waals surface area (Å²) in [6.07, 6.45) is 3.52. The van der Waals surface area contributed by atoms with Crippen LogP contribution in [0, 0.1) is 0 Å². The molecule has 0 bridgehead atoms. The zero-order valence-corrected chi connectivity index (χ0v) is 22.0. The van der Waals surface area contributed by atoms with Gasteiger partial charge in [-0.15, -0.1) is 0 Å². The summed E-state index contributed by atoms with van der Waals surface area (Å²) >= 11 is 0. The van der Waals surface area contributed by atoms with Gasteiger partial charge in [-0.1, -0.05) is 72.8 Å². The second-order valence-electron chi connectivity index (χ2n) is 9.27. The molecule has 0 spiro atoms. The van der Waals surface area contributed by atoms with Gasteiger partial charge in [-0.25, -0.2) is 0 Å². The molecular weight excluding hydrogens is 468 g/mol. The van der Waals surface area contributed by atoms with Crippen molar-refractivity contribution in [1.29, 1.82) is 0 Å². The Morgan fingerprint density at radius 3 is 0.868 bits per heavy atom. The van der Waals surface area contributed by atoms with Crippen LogP contribution in [-0.4, -0.2) is 26.0 Å². The van der Waals surface area contributed by atoms with Gasteiger partial charge < -0.3 is 21.3 Å². The van der Waals surface area contributed by atoms with E-state index in [-0.39, 0.29) is 0 Å². The number of fused-ring (bicyclic) bond motifs is 4. The third-order valence-corrected chi connectivity index (χ3v) is 6.86. The first kappa shape index (κ1) is 25.1. The number of guanidine groups is 2. The van der Waals surface area contributed by atoms with Gasteiger partial charge in [0.2, 0.25) is 0 Å². The first-order valence-corrected chi connectivity index (χ1v) is 13.1. The Bertz CT molecular complexity index is 1240. The SMILES string of the molecule is CN=C1Nc2ccccc2CCc2ccccc2NC(=NC)Nc2ccccc2CCc2ccccc2N1. The lowest BCUT2D eigenvalue weighted by molar-refractivity contribution is 0.961. The van der Waals surface area contributed by atoms with Gasteiger partial charge in [0, 0.05) is 36.8 Å². The van der Waals surface area contributed by atoms with Gasteiger partial charge in [-0.2, -0.15) is 0 Å². The Balaban J connectivity index is 1.54. The summed E-state index contributed by atoms with van der Waals surface area (Å²) in [5.74, 6) is 1.44. The highest BCUT2D eigenvalue weighted by atomic mass is 15.2. The fourth-order valence-corrected chi connectivity index (χ4v) is 4.78. The maximum Gasteiger partial charge on any atom is 0.200 e. The van der Waals surface area contributed by atoms with E-state index in [1.54, 1.807) is 0 Å². The van der Waals surface area contributed by atoms with Gasteiger partial charge in [-0.05, 0) is 72.2 Å². The molecule has 0 saturated heterocycles. The van der Waals surface area contributed by atoms with E-state index in [9.17, 15) is 0 Å². The number of benzene rings is 4. The van der Waals surface area contributed by atoms with Crippen molar-refractivity contribution in [3.05, 3.63) is 119 Å². The van der Waals surface area contributed by atoms with E-state index < -0.39 is 0 Å². The largest absolute Gasteiger partial charge is 0.326 e. The molecular formula is C32H34N6. The molecule has 1 heterocycles. The summed E-state index contributed by atoms with van der Waals surface area (Å²) in [6.45, 7) is 0. The second kappa shape index (κ2) is 12.1. The summed E-state index contributed by atoms with van der Waals surface area (Å²) in [6, 6.07) is 33.7. The van der Waals surface area contributed by atoms with E-state index in [0.29, 0.717) is 0 Å². The number of hydrogen-bond acceptors (Lipinski definition) is 2. The maximum absolute atomic E-state index is 4.53. The molecule has 0 atom stereocenters. The Kier molecular flexibility index (Phi) is 7.99. The van der Waals surface area contributed by atoms with Crippen LogP contribution in [0.5, 0.6) is 0 Å². The van der Waals surface area contributed by atoms with Gasteiger partial charge in [0.15, 0.2) is 11.9 Å². The molecule has 0 radical (unpaired) electrons. The second-order valence-corrected chi connectivity index (χ2v) is 9.27. The predicted octanol–water partition coefficient (Wildman–Crippen LogP) is 6.59. The summed E-state index contributed by atoms with van der Waals surface area (Å²) in [5.41, 5.74) is 9.14. The van der Waals surface area contributed by atoms with Crippen molar-refractivity contribution < 1.29 is 0 Å². The van der Waals surface area contributed by atoms with E-state index in [0.717, 1.165) is 60.4 Å². The monoisotopic (exact) mass is 502 g/mol. The van der Waals surface area contributed by atoms with Gasteiger partial charge in [-0.3, -0.25) is 9.98 Å². The standard InChI is InChI=1S/C32H34N6/c1-33-31-35-27-15-7-3-11-23(27)19-21-25-13-5-9-17-29(25)37-32(34-2)38-30-18-10-6-14-26(30)22-20-24-12-4-8-16-28(24)36-31/h3-18H,19-22H2,1-2H3,(H2,33,35,36)(H2,34,37,38). The molecule has 0 saturated carbocycles. The molecule has 6 heteroatoms. The first-order valence-electron chi connectivity index (χ1n) is 13.1. The van der Waals surface area contributed by atoms with Crippen LogP contribution >= 0.6 is 0 Å². The topological polar surface area (TPSA) is 72.8 Å². The minimum absolute atomic E-state index is 0.721. The van der Waals surface area contributed by atoms with Crippen LogP contribution in [-0.2, 0) is 25.7 Å². The van der Waals surface area contributed by atoms with Crippen LogP contribution in [0.1, 0.15) is 22.3 Å². The van der Waals surface area contributed by atoms with Crippen LogP contribution in [0.25, 0.3) is 0 Å². The molecule has 1 aliphatic heterocycles. The first-order chi connectivity index (χ1) is 18.7. The number of aliphatic imine (C=N–C) groups is 2. The van der Waals surface area contributed by atoms with Crippen LogP contribution in [0.2, 0.25) is 0 Å². The lowest BCUT2D eigenvalue weighted by Crippen LogP contribution is -2.24. The van der Waals surface area contributed by atoms with Crippen molar-refractivity contribution in [3.8, 4) is 0 Å². The summed E-state index contributed by atoms with van der Waals surface area (Å²) in [5, 5.41) is 14.2. The maximum atomic E-state index is 4.53. The highest BCUT2D eigenvalue weighted by Gasteiger charge is 2.12. The number of aryl methyl sites for hydroxylation is 4. The van der Waals surface area contributed by atoms with Crippen molar-refractivity contribution in [1.82, 2.24) is 0 Å². The minimum atomic E-state index is 0.721. The average Bonchev–Trinajstić information content (AvgIpc) is 2.96. The smallest absolute Gasteiger partial charge is 0.200 e. The number of rotatable bonds is 0. The normalized spacial score (nSPS) is 13.8. The molecule has 0 unspecified atom stereocenters. The van der Waals surface area contributed by atoms with Crippen LogP contribution in [0.15, 0.2) is 107 Å². The van der Waals surface area contributed by atoms with E-state index in [2.05, 4.69) is 128 Å². The van der Waals surface area contributed by atoms with Gasteiger partial charge >= 0.3 is 0 Å². The Labute approximate surface area is 225 Å². The molecule has 4 N–H and O–H groups in total. The minimum Gasteiger partial charge on any atom is -0.326 e. The summed E-state index contributed by atoms with van der Waals surface area (Å²) < 4.78 is 0. The lowest BCUT2D eigenvalue weighted by atomic mass is 10.0. The van der Waals surface area contributed by atoms with Crippen LogP contribution in [0.4, 0.5) is 22.7 Å². The fourth-order valence-electron chi connectivity index (χ4n) is 4.78. The number of anilines is 4. The molecule has 0 aliphatic carbocycles. The zero-order chi connectivity index (χ0) is 26.2. The van der Waals surface area contributed by atoms with Crippen molar-refractivity contribution in [2.45, 2.75) is 25.7 Å². The van der Waals surface area contributed by atoms with E-state index in [1.165, 1.54) is 22.3 Å². The van der Waals surface area contributed by atoms with Gasteiger partial charge in [0.1, 0.15) is 0 Å². The van der Waals surface area contributed by atoms with Crippen molar-refractivity contribution in [2.24, 2.45) is 9.98 Å². The molecule has 6 nitrogen and oxygen atoms in total. The molecule has 0 fully saturated rings. The summed E-state index contributed by atoms with van der Waals surface area (Å²) in [4.78, 5) is 9.05. The van der Waals surface area contributed by atoms with Gasteiger partial charge in [0.05, 0.1) is 0 Å². The van der Waals surface area contributed by atoms with Crippen LogP contribution < -0.4 is 21.3 Å². The molecule has 192 valence electrons. The third-order valence-electron chi connectivity index (χ3n) is 6.86. The number of nitrogens with one attached hydrogen (secondary N) is 4. The molecule has 0 amide bonds. The molecule has 5 rings (SSSR count). The Hall–Kier alpha value is -4.58. The van der Waals surface area contributed by atoms with E-state index in [4.69, 9.17) is 0 Å². The third kappa shape index (κ3) is 6.03. The number of hydrogen-bond donors (Lipinski definition) is 4. The highest BCUT2D eigenvalue weighted by Crippen LogP contribution is 2.25. The average molecular weight is 503 g/mol. The quantitative estimate of drug-likeness (QED) is 0.219. The van der Waals surface area contributed by atoms with E-state index >= 15 is 0 Å². The van der Waals surface area contributed by atoms with Crippen molar-refractivity contribution in [3.63, 3.8) is 0 Å². The van der Waals surface area contributed by atoms with E-state index in [1.807, 2.05) is 14.1 Å². The highest BCUT2D eigenvalue weighted by molar-refractivity contribution is 6.05. The summed E-state index contributed by atoms with van der Waals surface area (Å²) in [7, 11) is 3.62. The van der Waals surface area contributed by atoms with Crippen molar-refractivity contribution in [2.75, 3.05) is 35.4 Å². The molecule has 0 aromatic heterocycles. The van der Waals surface area contributed by atoms with Gasteiger partial charge in [0.25, 0.3) is 0 Å². The number of para-hydroxylation sites is 4. The zero-order valence-electron chi connectivity index (χ0n) is 22.0. The lowest BCUT2D eigenvalue weighted by Gasteiger charge is -2.20. The van der Waals surface area contributed by atoms with Crippen LogP contribution in [0.3, 0.4) is 0 Å². The fraction of sp³-hybridized carbons (Fsp3) is 0.188. The molecule has 4 aromatic carbocycles. The molecule has 1 aliphatic rings. The van der Waals surface area contributed by atoms with Crippen molar-refractivity contribution >= 4 is 34.7 Å². The Morgan fingerprint density at radius 1 is 0.395 bits per heavy atom. The molecule has 4 aromatic rings. The Morgan fingerprint density at radius 2 is 0.632 bits per heavy atom. The number of nitrogens with zero attached hydrogens (tertiary/aromatic N) is 2. The predicted molar refractivity (Wildman–Crippen MR) is 162 cm³/mol. The molecule has 38 heavy (non-hydrogen) atoms.